The smallest absolute Gasteiger partial charge is 0.407 e. The van der Waals surface area contributed by atoms with Gasteiger partial charge in [0.2, 0.25) is 5.91 Å². The second-order valence-electron chi connectivity index (χ2n) is 5.91. The maximum atomic E-state index is 12.7. The van der Waals surface area contributed by atoms with Crippen molar-refractivity contribution in [2.75, 3.05) is 7.11 Å². The minimum absolute atomic E-state index is 0.00949. The Balaban J connectivity index is 2.85. The minimum Gasteiger partial charge on any atom is -0.453 e. The summed E-state index contributed by atoms with van der Waals surface area (Å²) < 4.78 is 4.60. The van der Waals surface area contributed by atoms with Gasteiger partial charge in [-0.1, -0.05) is 20.8 Å². The molecule has 0 aromatic heterocycles. The average Bonchev–Trinajstić information content (AvgIpc) is 2.58. The van der Waals surface area contributed by atoms with Crippen LogP contribution in [-0.2, 0) is 9.53 Å². The lowest BCUT2D eigenvalue weighted by molar-refractivity contribution is -0.137. The molecule has 0 aliphatic carbocycles. The standard InChI is InChI=1S/C14H26N2O3/c1-8(2)12(15-14(18)19-6)13(17)16-10(4)7-9(3)11(16)5/h8-12H,7H2,1-6H3,(H,15,18)/t9-,10-,11-,12+/m1/s1. The third-order valence-electron chi connectivity index (χ3n) is 4.10. The monoisotopic (exact) mass is 270 g/mol. The van der Waals surface area contributed by atoms with Crippen molar-refractivity contribution in [2.24, 2.45) is 11.8 Å². The highest BCUT2D eigenvalue weighted by atomic mass is 16.5. The molecule has 0 unspecified atom stereocenters. The molecule has 1 rings (SSSR count). The zero-order chi connectivity index (χ0) is 14.7. The van der Waals surface area contributed by atoms with Crippen LogP contribution in [0.2, 0.25) is 0 Å². The molecule has 0 saturated carbocycles. The number of likely N-dealkylation sites (tertiary alicyclic amines) is 1. The van der Waals surface area contributed by atoms with E-state index in [1.807, 2.05) is 18.7 Å². The molecule has 2 amide bonds. The summed E-state index contributed by atoms with van der Waals surface area (Å²) in [5.41, 5.74) is 0. The molecule has 0 aromatic carbocycles. The number of nitrogens with one attached hydrogen (secondary N) is 1. The fraction of sp³-hybridized carbons (Fsp3) is 0.857. The molecular formula is C14H26N2O3. The second-order valence-corrected chi connectivity index (χ2v) is 5.91. The molecule has 0 spiro atoms. The van der Waals surface area contributed by atoms with Crippen molar-refractivity contribution < 1.29 is 14.3 Å². The summed E-state index contributed by atoms with van der Waals surface area (Å²) in [6.07, 6.45) is 0.454. The predicted molar refractivity (Wildman–Crippen MR) is 73.7 cm³/mol. The molecule has 1 fully saturated rings. The second kappa shape index (κ2) is 6.26. The molecule has 1 N–H and O–H groups in total. The first-order valence-corrected chi connectivity index (χ1v) is 6.96. The van der Waals surface area contributed by atoms with Gasteiger partial charge in [-0.15, -0.1) is 0 Å². The first kappa shape index (κ1) is 15.8. The molecule has 0 radical (unpaired) electrons. The van der Waals surface area contributed by atoms with Gasteiger partial charge >= 0.3 is 6.09 Å². The molecule has 19 heavy (non-hydrogen) atoms. The zero-order valence-electron chi connectivity index (χ0n) is 12.8. The van der Waals surface area contributed by atoms with Gasteiger partial charge in [-0.25, -0.2) is 4.79 Å². The topological polar surface area (TPSA) is 58.6 Å². The third kappa shape index (κ3) is 3.39. The van der Waals surface area contributed by atoms with Gasteiger partial charge in [-0.05, 0) is 32.1 Å². The largest absolute Gasteiger partial charge is 0.453 e. The highest BCUT2D eigenvalue weighted by Crippen LogP contribution is 2.30. The van der Waals surface area contributed by atoms with E-state index >= 15 is 0 Å². The lowest BCUT2D eigenvalue weighted by Gasteiger charge is -2.32. The van der Waals surface area contributed by atoms with Crippen LogP contribution in [0, 0.1) is 11.8 Å². The number of alkyl carbamates (subject to hydrolysis) is 1. The van der Waals surface area contributed by atoms with E-state index in [9.17, 15) is 9.59 Å². The number of carbonyl (C=O) groups is 2. The molecule has 1 heterocycles. The highest BCUT2D eigenvalue weighted by molar-refractivity contribution is 5.86. The molecule has 4 atom stereocenters. The summed E-state index contributed by atoms with van der Waals surface area (Å²) >= 11 is 0. The van der Waals surface area contributed by atoms with Crippen molar-refractivity contribution in [1.82, 2.24) is 10.2 Å². The van der Waals surface area contributed by atoms with E-state index in [1.54, 1.807) is 0 Å². The van der Waals surface area contributed by atoms with Crippen LogP contribution < -0.4 is 5.32 Å². The first-order valence-electron chi connectivity index (χ1n) is 6.96. The minimum atomic E-state index is -0.556. The molecule has 1 saturated heterocycles. The number of rotatable bonds is 3. The van der Waals surface area contributed by atoms with E-state index in [0.717, 1.165) is 6.42 Å². The Bertz CT molecular complexity index is 344. The summed E-state index contributed by atoms with van der Waals surface area (Å²) in [6, 6.07) is -0.0935. The van der Waals surface area contributed by atoms with Crippen molar-refractivity contribution in [3.63, 3.8) is 0 Å². The van der Waals surface area contributed by atoms with E-state index in [0.29, 0.717) is 5.92 Å². The number of hydrogen-bond acceptors (Lipinski definition) is 3. The van der Waals surface area contributed by atoms with Gasteiger partial charge in [0.1, 0.15) is 6.04 Å². The number of methoxy groups -OCH3 is 1. The van der Waals surface area contributed by atoms with Crippen molar-refractivity contribution in [1.29, 1.82) is 0 Å². The van der Waals surface area contributed by atoms with Gasteiger partial charge in [-0.3, -0.25) is 4.79 Å². The lowest BCUT2D eigenvalue weighted by Crippen LogP contribution is -2.54. The van der Waals surface area contributed by atoms with Crippen molar-refractivity contribution in [3.8, 4) is 0 Å². The fourth-order valence-electron chi connectivity index (χ4n) is 2.80. The number of hydrogen-bond donors (Lipinski definition) is 1. The SMILES string of the molecule is COC(=O)N[C@H](C(=O)N1[C@H](C)C[C@@H](C)[C@H]1C)C(C)C. The number of nitrogens with zero attached hydrogens (tertiary/aromatic N) is 1. The van der Waals surface area contributed by atoms with Crippen LogP contribution >= 0.6 is 0 Å². The summed E-state index contributed by atoms with van der Waals surface area (Å²) in [4.78, 5) is 25.9. The quantitative estimate of drug-likeness (QED) is 0.853. The predicted octanol–water partition coefficient (Wildman–Crippen LogP) is 2.01. The first-order chi connectivity index (χ1) is 8.79. The normalized spacial score (nSPS) is 28.4. The van der Waals surface area contributed by atoms with Crippen LogP contribution in [0.4, 0.5) is 4.79 Å². The van der Waals surface area contributed by atoms with Crippen molar-refractivity contribution in [2.45, 2.75) is 59.2 Å². The zero-order valence-corrected chi connectivity index (χ0v) is 12.8. The summed E-state index contributed by atoms with van der Waals surface area (Å²) in [6.45, 7) is 10.1. The summed E-state index contributed by atoms with van der Waals surface area (Å²) in [5, 5.41) is 2.65. The van der Waals surface area contributed by atoms with Gasteiger partial charge in [0.15, 0.2) is 0 Å². The van der Waals surface area contributed by atoms with Gasteiger partial charge in [-0.2, -0.15) is 0 Å². The van der Waals surface area contributed by atoms with Crippen LogP contribution in [0.15, 0.2) is 0 Å². The Morgan fingerprint density at radius 1 is 1.26 bits per heavy atom. The number of amides is 2. The Morgan fingerprint density at radius 2 is 1.84 bits per heavy atom. The van der Waals surface area contributed by atoms with Crippen LogP contribution in [0.1, 0.15) is 41.0 Å². The molecule has 1 aliphatic heterocycles. The van der Waals surface area contributed by atoms with Crippen LogP contribution in [0.25, 0.3) is 0 Å². The Hall–Kier alpha value is -1.26. The maximum Gasteiger partial charge on any atom is 0.407 e. The van der Waals surface area contributed by atoms with Crippen LogP contribution in [-0.4, -0.2) is 42.1 Å². The Morgan fingerprint density at radius 3 is 2.21 bits per heavy atom. The van der Waals surface area contributed by atoms with Gasteiger partial charge in [0, 0.05) is 12.1 Å². The lowest BCUT2D eigenvalue weighted by atomic mass is 10.0. The number of ether oxygens (including phenoxy) is 1. The molecular weight excluding hydrogens is 244 g/mol. The van der Waals surface area contributed by atoms with E-state index in [4.69, 9.17) is 0 Å². The van der Waals surface area contributed by atoms with Gasteiger partial charge in [0.25, 0.3) is 0 Å². The summed E-state index contributed by atoms with van der Waals surface area (Å²) in [7, 11) is 1.31. The van der Waals surface area contributed by atoms with E-state index in [2.05, 4.69) is 30.8 Å². The maximum absolute atomic E-state index is 12.7. The molecule has 0 aromatic rings. The Labute approximate surface area is 115 Å². The highest BCUT2D eigenvalue weighted by Gasteiger charge is 2.40. The molecule has 5 heteroatoms. The van der Waals surface area contributed by atoms with Crippen molar-refractivity contribution in [3.05, 3.63) is 0 Å². The third-order valence-corrected chi connectivity index (χ3v) is 4.10. The molecule has 1 aliphatic rings. The average molecular weight is 270 g/mol. The van der Waals surface area contributed by atoms with Gasteiger partial charge < -0.3 is 15.0 Å². The van der Waals surface area contributed by atoms with Gasteiger partial charge in [0.05, 0.1) is 7.11 Å². The summed E-state index contributed by atoms with van der Waals surface area (Å²) in [5.74, 6) is 0.511. The van der Waals surface area contributed by atoms with Crippen LogP contribution in [0.5, 0.6) is 0 Å². The van der Waals surface area contributed by atoms with E-state index in [1.165, 1.54) is 7.11 Å². The van der Waals surface area contributed by atoms with E-state index < -0.39 is 12.1 Å². The Kier molecular flexibility index (Phi) is 5.20. The van der Waals surface area contributed by atoms with Crippen molar-refractivity contribution >= 4 is 12.0 Å². The molecule has 5 nitrogen and oxygen atoms in total. The fourth-order valence-corrected chi connectivity index (χ4v) is 2.80. The van der Waals surface area contributed by atoms with Crippen LogP contribution in [0.3, 0.4) is 0 Å². The number of carbonyl (C=O) groups excluding carboxylic acids is 2. The molecule has 110 valence electrons. The van der Waals surface area contributed by atoms with E-state index in [-0.39, 0.29) is 23.9 Å². The molecule has 0 bridgehead atoms.